The normalized spacial score (nSPS) is 22.0. The largest absolute Gasteiger partial charge is 0.493 e. The Morgan fingerprint density at radius 3 is 2.11 bits per heavy atom. The van der Waals surface area contributed by atoms with Crippen molar-refractivity contribution < 1.29 is 38.1 Å². The second-order valence-electron chi connectivity index (χ2n) is 14.3. The van der Waals surface area contributed by atoms with Gasteiger partial charge in [-0.15, -0.1) is 0 Å². The number of carbonyl (C=O) groups excluding carboxylic acids is 3. The Morgan fingerprint density at radius 1 is 0.815 bits per heavy atom. The maximum absolute atomic E-state index is 14.1. The van der Waals surface area contributed by atoms with E-state index < -0.39 is 11.6 Å². The summed E-state index contributed by atoms with van der Waals surface area (Å²) in [5.74, 6) is 2.00. The van der Waals surface area contributed by atoms with Gasteiger partial charge in [0.25, 0.3) is 0 Å². The number of benzene rings is 3. The van der Waals surface area contributed by atoms with E-state index in [1.807, 2.05) is 30.3 Å². The molecule has 1 saturated carbocycles. The van der Waals surface area contributed by atoms with Crippen molar-refractivity contribution in [1.82, 2.24) is 20.4 Å². The van der Waals surface area contributed by atoms with Gasteiger partial charge in [0.05, 0.1) is 34.0 Å². The first-order valence-electron chi connectivity index (χ1n) is 18.9. The molecule has 3 aromatic rings. The molecule has 3 amide bonds. The van der Waals surface area contributed by atoms with Crippen LogP contribution in [0.2, 0.25) is 0 Å². The van der Waals surface area contributed by atoms with Crippen molar-refractivity contribution in [3.05, 3.63) is 82.4 Å². The number of amides is 3. The van der Waals surface area contributed by atoms with Gasteiger partial charge < -0.3 is 39.2 Å². The first-order valence-corrected chi connectivity index (χ1v) is 18.9. The Morgan fingerprint density at radius 2 is 1.44 bits per heavy atom. The van der Waals surface area contributed by atoms with E-state index in [9.17, 15) is 14.4 Å². The minimum Gasteiger partial charge on any atom is -0.493 e. The van der Waals surface area contributed by atoms with Crippen molar-refractivity contribution in [1.29, 1.82) is 0 Å². The molecule has 3 aromatic carbocycles. The highest BCUT2D eigenvalue weighted by Crippen LogP contribution is 2.58. The molecule has 1 fully saturated rings. The van der Waals surface area contributed by atoms with Crippen molar-refractivity contribution in [3.8, 4) is 23.0 Å². The van der Waals surface area contributed by atoms with Crippen LogP contribution in [0, 0.1) is 11.8 Å². The fraction of sp³-hybridized carbons (Fsp3) is 0.500. The Kier molecular flexibility index (Phi) is 12.2. The fourth-order valence-corrected chi connectivity index (χ4v) is 9.17. The Balaban J connectivity index is 1.34. The third kappa shape index (κ3) is 7.53. The van der Waals surface area contributed by atoms with Gasteiger partial charge in [-0.2, -0.15) is 0 Å². The van der Waals surface area contributed by atoms with Gasteiger partial charge >= 0.3 is 6.09 Å². The van der Waals surface area contributed by atoms with Gasteiger partial charge in [0.15, 0.2) is 23.0 Å². The van der Waals surface area contributed by atoms with Gasteiger partial charge in [-0.3, -0.25) is 14.5 Å². The number of ether oxygens (including phenoxy) is 5. The molecule has 0 radical (unpaired) electrons. The van der Waals surface area contributed by atoms with Crippen LogP contribution in [0.4, 0.5) is 4.79 Å². The third-order valence-electron chi connectivity index (χ3n) is 11.7. The Bertz CT molecular complexity index is 1820. The van der Waals surface area contributed by atoms with Crippen LogP contribution >= 0.6 is 0 Å². The van der Waals surface area contributed by atoms with Gasteiger partial charge in [-0.05, 0) is 90.7 Å². The highest BCUT2D eigenvalue weighted by molar-refractivity contribution is 5.80. The number of nitrogens with zero attached hydrogens (tertiary/aromatic N) is 2. The van der Waals surface area contributed by atoms with Crippen LogP contribution in [0.1, 0.15) is 67.0 Å². The van der Waals surface area contributed by atoms with E-state index in [-0.39, 0.29) is 49.4 Å². The number of methoxy groups -OCH3 is 4. The number of hydrogen-bond donors (Lipinski definition) is 2. The standard InChI is InChI=1S/C42H54N4O8/c1-7-45-19-14-29-22-35(50-3)37(52-5)24-32(29)39(45)34-21-31(40(48)43-17-18-44-41(49)54-26-28-11-9-8-10-12-28)13-16-42(34)33-25-38(53-6)36(51-4)23-30(33)15-20-46(42)27(2)47/h8-12,22-25,31,34,39H,7,13-21,26H2,1-6H3,(H,43,48)(H,44,49). The van der Waals surface area contributed by atoms with Crippen molar-refractivity contribution in [2.45, 2.75) is 64.1 Å². The molecular formula is C42H54N4O8. The molecule has 0 bridgehead atoms. The average molecular weight is 743 g/mol. The fourth-order valence-electron chi connectivity index (χ4n) is 9.17. The van der Waals surface area contributed by atoms with E-state index in [2.05, 4.69) is 51.6 Å². The van der Waals surface area contributed by atoms with Crippen LogP contribution < -0.4 is 29.6 Å². The van der Waals surface area contributed by atoms with Gasteiger partial charge in [0.2, 0.25) is 11.8 Å². The molecule has 290 valence electrons. The summed E-state index contributed by atoms with van der Waals surface area (Å²) < 4.78 is 28.5. The van der Waals surface area contributed by atoms with Crippen LogP contribution in [0.5, 0.6) is 23.0 Å². The van der Waals surface area contributed by atoms with Crippen molar-refractivity contribution in [2.75, 3.05) is 61.2 Å². The maximum atomic E-state index is 14.1. The smallest absolute Gasteiger partial charge is 0.407 e. The molecule has 3 aliphatic rings. The number of carbonyl (C=O) groups is 3. The van der Waals surface area contributed by atoms with Gasteiger partial charge in [-0.1, -0.05) is 37.3 Å². The van der Waals surface area contributed by atoms with E-state index in [1.165, 1.54) is 5.56 Å². The predicted octanol–water partition coefficient (Wildman–Crippen LogP) is 5.40. The molecule has 1 aliphatic carbocycles. The molecule has 6 rings (SSSR count). The maximum Gasteiger partial charge on any atom is 0.407 e. The van der Waals surface area contributed by atoms with Crippen LogP contribution in [0.3, 0.4) is 0 Å². The highest BCUT2D eigenvalue weighted by atomic mass is 16.5. The van der Waals surface area contributed by atoms with E-state index in [0.717, 1.165) is 41.8 Å². The highest BCUT2D eigenvalue weighted by Gasteiger charge is 2.57. The number of rotatable bonds is 12. The molecule has 4 unspecified atom stereocenters. The van der Waals surface area contributed by atoms with Crippen molar-refractivity contribution in [3.63, 3.8) is 0 Å². The lowest BCUT2D eigenvalue weighted by atomic mass is 9.58. The van der Waals surface area contributed by atoms with Gasteiger partial charge in [-0.25, -0.2) is 4.79 Å². The summed E-state index contributed by atoms with van der Waals surface area (Å²) >= 11 is 0. The summed E-state index contributed by atoms with van der Waals surface area (Å²) in [5.41, 5.74) is 4.63. The summed E-state index contributed by atoms with van der Waals surface area (Å²) in [6.45, 7) is 6.63. The van der Waals surface area contributed by atoms with Gasteiger partial charge in [0, 0.05) is 51.0 Å². The summed E-state index contributed by atoms with van der Waals surface area (Å²) in [5, 5.41) is 5.83. The molecule has 2 N–H and O–H groups in total. The number of alkyl carbamates (subject to hydrolysis) is 1. The van der Waals surface area contributed by atoms with Crippen LogP contribution in [0.25, 0.3) is 0 Å². The minimum atomic E-state index is -0.736. The molecule has 0 aromatic heterocycles. The number of fused-ring (bicyclic) bond motifs is 3. The zero-order valence-corrected chi connectivity index (χ0v) is 32.4. The molecule has 2 aliphatic heterocycles. The molecule has 12 nitrogen and oxygen atoms in total. The zero-order valence-electron chi connectivity index (χ0n) is 32.4. The molecule has 2 heterocycles. The van der Waals surface area contributed by atoms with E-state index >= 15 is 0 Å². The predicted molar refractivity (Wildman–Crippen MR) is 204 cm³/mol. The van der Waals surface area contributed by atoms with Crippen LogP contribution in [-0.4, -0.2) is 88.9 Å². The van der Waals surface area contributed by atoms with Crippen molar-refractivity contribution >= 4 is 17.9 Å². The summed E-state index contributed by atoms with van der Waals surface area (Å²) in [4.78, 5) is 44.8. The molecule has 1 spiro atoms. The molecule has 54 heavy (non-hydrogen) atoms. The summed E-state index contributed by atoms with van der Waals surface area (Å²) in [6.07, 6.45) is 2.66. The van der Waals surface area contributed by atoms with E-state index in [0.29, 0.717) is 55.2 Å². The minimum absolute atomic E-state index is 0.0000426. The second-order valence-corrected chi connectivity index (χ2v) is 14.3. The molecular weight excluding hydrogens is 688 g/mol. The zero-order chi connectivity index (χ0) is 38.4. The monoisotopic (exact) mass is 742 g/mol. The number of likely N-dealkylation sites (N-methyl/N-ethyl adjacent to an activating group) is 1. The molecule has 12 heteroatoms. The molecule has 4 atom stereocenters. The van der Waals surface area contributed by atoms with E-state index in [1.54, 1.807) is 35.4 Å². The number of hydrogen-bond acceptors (Lipinski definition) is 9. The lowest BCUT2D eigenvalue weighted by Gasteiger charge is -2.59. The van der Waals surface area contributed by atoms with E-state index in [4.69, 9.17) is 23.7 Å². The lowest BCUT2D eigenvalue weighted by molar-refractivity contribution is -0.148. The van der Waals surface area contributed by atoms with Crippen LogP contribution in [-0.2, 0) is 39.3 Å². The van der Waals surface area contributed by atoms with Gasteiger partial charge in [0.1, 0.15) is 6.61 Å². The Hall–Kier alpha value is -4.97. The number of nitrogens with one attached hydrogen (secondary N) is 2. The first-order chi connectivity index (χ1) is 26.2. The topological polar surface area (TPSA) is 128 Å². The summed E-state index contributed by atoms with van der Waals surface area (Å²) in [7, 11) is 6.57. The lowest BCUT2D eigenvalue weighted by Crippen LogP contribution is -2.62. The summed E-state index contributed by atoms with van der Waals surface area (Å²) in [6, 6.07) is 17.6. The van der Waals surface area contributed by atoms with Crippen LogP contribution in [0.15, 0.2) is 54.6 Å². The van der Waals surface area contributed by atoms with Crippen molar-refractivity contribution in [2.24, 2.45) is 11.8 Å². The quantitative estimate of drug-likeness (QED) is 0.235. The Labute approximate surface area is 318 Å². The molecule has 0 saturated heterocycles. The first kappa shape index (κ1) is 38.7. The third-order valence-corrected chi connectivity index (χ3v) is 11.7. The average Bonchev–Trinajstić information content (AvgIpc) is 3.20. The second kappa shape index (κ2) is 17.0. The SMILES string of the molecule is CCN1CCc2cc(OC)c(OC)cc2C1C1CC(C(=O)NCCNC(=O)OCc2ccccc2)CCC12c1cc(OC)c(OC)cc1CCN2C(C)=O.